The van der Waals surface area contributed by atoms with E-state index in [1.165, 1.54) is 12.1 Å². The predicted octanol–water partition coefficient (Wildman–Crippen LogP) is 1.64. The molecule has 0 aromatic heterocycles. The first-order chi connectivity index (χ1) is 9.15. The zero-order chi connectivity index (χ0) is 13.7. The van der Waals surface area contributed by atoms with Crippen LogP contribution in [0.5, 0.6) is 5.75 Å². The van der Waals surface area contributed by atoms with Crippen LogP contribution in [0.4, 0.5) is 5.69 Å². The van der Waals surface area contributed by atoms with Gasteiger partial charge in [0.1, 0.15) is 12.4 Å². The topological polar surface area (TPSA) is 58.8 Å². The fraction of sp³-hybridized carbons (Fsp3) is 0.538. The molecule has 1 fully saturated rings. The van der Waals surface area contributed by atoms with Crippen LogP contribution < -0.4 is 4.74 Å². The number of benzene rings is 1. The number of rotatable bonds is 5. The highest BCUT2D eigenvalue weighted by Gasteiger charge is 2.13. The molecule has 0 atom stereocenters. The Morgan fingerprint density at radius 1 is 1.30 bits per heavy atom. The molecular formula is C13H20ClN3O3. The zero-order valence-corrected chi connectivity index (χ0v) is 12.3. The van der Waals surface area contributed by atoms with Crippen molar-refractivity contribution in [2.75, 3.05) is 46.4 Å². The van der Waals surface area contributed by atoms with Gasteiger partial charge in [0.25, 0.3) is 5.69 Å². The lowest BCUT2D eigenvalue weighted by Gasteiger charge is -2.32. The average molecular weight is 302 g/mol. The predicted molar refractivity (Wildman–Crippen MR) is 79.8 cm³/mol. The minimum Gasteiger partial charge on any atom is -0.492 e. The summed E-state index contributed by atoms with van der Waals surface area (Å²) in [5.41, 5.74) is 0.0668. The van der Waals surface area contributed by atoms with Crippen LogP contribution in [0.25, 0.3) is 0 Å². The Morgan fingerprint density at radius 3 is 2.65 bits per heavy atom. The molecule has 6 nitrogen and oxygen atoms in total. The van der Waals surface area contributed by atoms with E-state index < -0.39 is 4.92 Å². The van der Waals surface area contributed by atoms with Gasteiger partial charge in [0.15, 0.2) is 0 Å². The van der Waals surface area contributed by atoms with Crippen molar-refractivity contribution in [3.8, 4) is 5.75 Å². The number of nitro groups is 1. The van der Waals surface area contributed by atoms with Crippen LogP contribution in [0.15, 0.2) is 24.3 Å². The number of halogens is 1. The summed E-state index contributed by atoms with van der Waals surface area (Å²) in [6.45, 7) is 5.68. The van der Waals surface area contributed by atoms with E-state index in [1.54, 1.807) is 12.1 Å². The maximum Gasteiger partial charge on any atom is 0.273 e. The Balaban J connectivity index is 0.00000200. The first kappa shape index (κ1) is 16.7. The zero-order valence-electron chi connectivity index (χ0n) is 11.5. The molecule has 0 saturated carbocycles. The first-order valence-electron chi connectivity index (χ1n) is 6.43. The van der Waals surface area contributed by atoms with E-state index in [1.807, 2.05) is 0 Å². The van der Waals surface area contributed by atoms with E-state index in [4.69, 9.17) is 4.74 Å². The van der Waals surface area contributed by atoms with Crippen molar-refractivity contribution in [1.82, 2.24) is 9.80 Å². The molecule has 0 radical (unpaired) electrons. The molecule has 112 valence electrons. The molecule has 1 aromatic carbocycles. The van der Waals surface area contributed by atoms with E-state index in [0.717, 1.165) is 32.7 Å². The number of nitrogens with zero attached hydrogens (tertiary/aromatic N) is 3. The van der Waals surface area contributed by atoms with Crippen molar-refractivity contribution in [2.24, 2.45) is 0 Å². The third kappa shape index (κ3) is 4.96. The van der Waals surface area contributed by atoms with Crippen LogP contribution in [0.2, 0.25) is 0 Å². The molecule has 1 aliphatic rings. The van der Waals surface area contributed by atoms with Crippen molar-refractivity contribution in [1.29, 1.82) is 0 Å². The van der Waals surface area contributed by atoms with Crippen molar-refractivity contribution < 1.29 is 9.66 Å². The quantitative estimate of drug-likeness (QED) is 0.611. The highest BCUT2D eigenvalue weighted by atomic mass is 35.5. The largest absolute Gasteiger partial charge is 0.492 e. The van der Waals surface area contributed by atoms with Crippen LogP contribution >= 0.6 is 12.4 Å². The molecule has 1 aliphatic heterocycles. The summed E-state index contributed by atoms with van der Waals surface area (Å²) in [6, 6.07) is 6.32. The van der Waals surface area contributed by atoms with Gasteiger partial charge in [-0.3, -0.25) is 15.0 Å². The van der Waals surface area contributed by atoms with Gasteiger partial charge in [-0.2, -0.15) is 0 Å². The molecule has 0 N–H and O–H groups in total. The molecule has 1 aromatic rings. The third-order valence-electron chi connectivity index (χ3n) is 3.30. The maximum absolute atomic E-state index is 10.6. The van der Waals surface area contributed by atoms with Gasteiger partial charge in [-0.05, 0) is 13.1 Å². The molecule has 0 amide bonds. The molecule has 1 heterocycles. The minimum absolute atomic E-state index is 0. The summed E-state index contributed by atoms with van der Waals surface area (Å²) in [7, 11) is 2.12. The van der Waals surface area contributed by atoms with Gasteiger partial charge >= 0.3 is 0 Å². The van der Waals surface area contributed by atoms with Gasteiger partial charge in [0.2, 0.25) is 0 Å². The summed E-state index contributed by atoms with van der Waals surface area (Å²) in [6.07, 6.45) is 0. The smallest absolute Gasteiger partial charge is 0.273 e. The second kappa shape index (κ2) is 8.04. The Bertz CT molecular complexity index is 437. The van der Waals surface area contributed by atoms with Gasteiger partial charge in [-0.1, -0.05) is 6.07 Å². The number of piperazine rings is 1. The van der Waals surface area contributed by atoms with E-state index in [0.29, 0.717) is 12.4 Å². The molecule has 1 saturated heterocycles. The van der Waals surface area contributed by atoms with Gasteiger partial charge < -0.3 is 9.64 Å². The second-order valence-corrected chi connectivity index (χ2v) is 4.75. The lowest BCUT2D eigenvalue weighted by molar-refractivity contribution is -0.384. The van der Waals surface area contributed by atoms with Crippen LogP contribution in [0.1, 0.15) is 0 Å². The highest BCUT2D eigenvalue weighted by molar-refractivity contribution is 5.85. The summed E-state index contributed by atoms with van der Waals surface area (Å²) < 4.78 is 5.57. The van der Waals surface area contributed by atoms with Gasteiger partial charge in [-0.15, -0.1) is 12.4 Å². The lowest BCUT2D eigenvalue weighted by Crippen LogP contribution is -2.45. The Labute approximate surface area is 124 Å². The third-order valence-corrected chi connectivity index (χ3v) is 3.30. The fourth-order valence-corrected chi connectivity index (χ4v) is 2.05. The number of non-ortho nitro benzene ring substituents is 1. The molecule has 0 spiro atoms. The Morgan fingerprint density at radius 2 is 2.00 bits per heavy atom. The fourth-order valence-electron chi connectivity index (χ4n) is 2.05. The standard InChI is InChI=1S/C13H19N3O3.ClH/c1-14-5-7-15(8-6-14)9-10-19-13-4-2-3-12(11-13)16(17)18;/h2-4,11H,5-10H2,1H3;1H. The van der Waals surface area contributed by atoms with Crippen molar-refractivity contribution in [3.63, 3.8) is 0 Å². The number of hydrogen-bond acceptors (Lipinski definition) is 5. The highest BCUT2D eigenvalue weighted by Crippen LogP contribution is 2.18. The summed E-state index contributed by atoms with van der Waals surface area (Å²) in [4.78, 5) is 14.9. The SMILES string of the molecule is CN1CCN(CCOc2cccc([N+](=O)[O-])c2)CC1.Cl. The molecule has 20 heavy (non-hydrogen) atoms. The minimum atomic E-state index is -0.409. The Kier molecular flexibility index (Phi) is 6.70. The van der Waals surface area contributed by atoms with Crippen LogP contribution in [0, 0.1) is 10.1 Å². The van der Waals surface area contributed by atoms with Crippen LogP contribution in [0.3, 0.4) is 0 Å². The summed E-state index contributed by atoms with van der Waals surface area (Å²) >= 11 is 0. The molecule has 0 aliphatic carbocycles. The van der Waals surface area contributed by atoms with E-state index in [2.05, 4.69) is 16.8 Å². The van der Waals surface area contributed by atoms with Gasteiger partial charge in [0, 0.05) is 38.8 Å². The Hall–Kier alpha value is -1.37. The maximum atomic E-state index is 10.6. The number of ether oxygens (including phenoxy) is 1. The van der Waals surface area contributed by atoms with E-state index in [-0.39, 0.29) is 18.1 Å². The number of hydrogen-bond donors (Lipinski definition) is 0. The van der Waals surface area contributed by atoms with Crippen LogP contribution in [-0.4, -0.2) is 61.1 Å². The van der Waals surface area contributed by atoms with Gasteiger partial charge in [0.05, 0.1) is 11.0 Å². The van der Waals surface area contributed by atoms with Crippen LogP contribution in [-0.2, 0) is 0 Å². The normalized spacial score (nSPS) is 16.4. The van der Waals surface area contributed by atoms with E-state index in [9.17, 15) is 10.1 Å². The molecule has 7 heteroatoms. The lowest BCUT2D eigenvalue weighted by atomic mass is 10.3. The monoisotopic (exact) mass is 301 g/mol. The molecular weight excluding hydrogens is 282 g/mol. The first-order valence-corrected chi connectivity index (χ1v) is 6.43. The molecule has 0 unspecified atom stereocenters. The van der Waals surface area contributed by atoms with Crippen molar-refractivity contribution in [3.05, 3.63) is 34.4 Å². The second-order valence-electron chi connectivity index (χ2n) is 4.75. The van der Waals surface area contributed by atoms with Gasteiger partial charge in [-0.25, -0.2) is 0 Å². The van der Waals surface area contributed by atoms with Crippen molar-refractivity contribution >= 4 is 18.1 Å². The molecule has 0 bridgehead atoms. The average Bonchev–Trinajstić information content (AvgIpc) is 2.41. The molecule has 2 rings (SSSR count). The van der Waals surface area contributed by atoms with E-state index >= 15 is 0 Å². The number of nitro benzene ring substituents is 1. The summed E-state index contributed by atoms with van der Waals surface area (Å²) in [5, 5.41) is 10.6. The number of likely N-dealkylation sites (N-methyl/N-ethyl adjacent to an activating group) is 1. The van der Waals surface area contributed by atoms with Crippen molar-refractivity contribution in [2.45, 2.75) is 0 Å². The summed E-state index contributed by atoms with van der Waals surface area (Å²) in [5.74, 6) is 0.559.